The number of hydrogen-bond donors (Lipinski definition) is 1. The highest BCUT2D eigenvalue weighted by molar-refractivity contribution is 5.99. The molecule has 28 heavy (non-hydrogen) atoms. The molecule has 0 spiro atoms. The van der Waals surface area contributed by atoms with Gasteiger partial charge in [0.05, 0.1) is 0 Å². The topological polar surface area (TPSA) is 63.2 Å². The maximum atomic E-state index is 13.4. The molecule has 0 saturated heterocycles. The van der Waals surface area contributed by atoms with Crippen LogP contribution in [0.2, 0.25) is 0 Å². The number of rotatable bonds is 1. The van der Waals surface area contributed by atoms with E-state index in [-0.39, 0.29) is 28.6 Å². The summed E-state index contributed by atoms with van der Waals surface area (Å²) in [6.45, 7) is 10.3. The fraction of sp³-hybridized carbons (Fsp3) is 0.708. The van der Waals surface area contributed by atoms with Crippen molar-refractivity contribution < 1.29 is 14.4 Å². The molecule has 152 valence electrons. The maximum Gasteiger partial charge on any atom is 0.247 e. The van der Waals surface area contributed by atoms with Crippen molar-refractivity contribution in [1.82, 2.24) is 5.32 Å². The SMILES string of the molecule is CC(C)(C)NC(=O)C1=C2[C@@H](CCC3=CC(=O)CC[C@@]32C)[C@@H]2CCC(=O)[C@@]2(C)C1. The molecular weight excluding hydrogens is 350 g/mol. The van der Waals surface area contributed by atoms with Crippen molar-refractivity contribution in [2.75, 3.05) is 0 Å². The molecule has 0 aliphatic heterocycles. The number of carbonyl (C=O) groups is 3. The first-order valence-corrected chi connectivity index (χ1v) is 10.8. The Morgan fingerprint density at radius 2 is 1.82 bits per heavy atom. The lowest BCUT2D eigenvalue weighted by Gasteiger charge is -2.53. The van der Waals surface area contributed by atoms with Gasteiger partial charge in [-0.3, -0.25) is 14.4 Å². The van der Waals surface area contributed by atoms with Crippen LogP contribution in [0.1, 0.15) is 79.6 Å². The minimum atomic E-state index is -0.416. The van der Waals surface area contributed by atoms with Crippen LogP contribution >= 0.6 is 0 Å². The molecule has 1 N–H and O–H groups in total. The van der Waals surface area contributed by atoms with Crippen molar-refractivity contribution in [3.8, 4) is 0 Å². The first kappa shape index (κ1) is 19.6. The lowest BCUT2D eigenvalue weighted by atomic mass is 9.50. The number of fused-ring (bicyclic) bond motifs is 5. The maximum absolute atomic E-state index is 13.4. The number of nitrogens with one attached hydrogen (secondary N) is 1. The average Bonchev–Trinajstić information content (AvgIpc) is 2.88. The number of allylic oxidation sites excluding steroid dienone is 3. The number of hydrogen-bond acceptors (Lipinski definition) is 3. The van der Waals surface area contributed by atoms with Crippen LogP contribution in [-0.2, 0) is 14.4 Å². The molecule has 0 bridgehead atoms. The fourth-order valence-corrected chi connectivity index (χ4v) is 6.49. The lowest BCUT2D eigenvalue weighted by Crippen LogP contribution is -2.50. The number of amides is 1. The molecule has 0 aromatic rings. The van der Waals surface area contributed by atoms with Crippen molar-refractivity contribution in [3.05, 3.63) is 22.8 Å². The number of Topliss-reactive ketones (excluding diaryl/α,β-unsaturated/α-hetero) is 1. The monoisotopic (exact) mass is 383 g/mol. The van der Waals surface area contributed by atoms with E-state index in [0.717, 1.165) is 31.3 Å². The molecule has 0 radical (unpaired) electrons. The summed E-state index contributed by atoms with van der Waals surface area (Å²) in [5.41, 5.74) is 2.32. The molecule has 0 heterocycles. The normalized spacial score (nSPS) is 37.8. The Morgan fingerprint density at radius 3 is 2.50 bits per heavy atom. The predicted octanol–water partition coefficient (Wildman–Crippen LogP) is 4.29. The molecule has 0 aromatic heterocycles. The van der Waals surface area contributed by atoms with Gasteiger partial charge in [0.25, 0.3) is 0 Å². The van der Waals surface area contributed by atoms with Crippen LogP contribution in [0.15, 0.2) is 22.8 Å². The fourth-order valence-electron chi connectivity index (χ4n) is 6.49. The smallest absolute Gasteiger partial charge is 0.247 e. The minimum Gasteiger partial charge on any atom is -0.348 e. The Morgan fingerprint density at radius 1 is 1.11 bits per heavy atom. The van der Waals surface area contributed by atoms with Gasteiger partial charge in [-0.2, -0.15) is 0 Å². The van der Waals surface area contributed by atoms with Gasteiger partial charge in [-0.25, -0.2) is 0 Å². The third-order valence-electron chi connectivity index (χ3n) is 7.86. The van der Waals surface area contributed by atoms with E-state index in [1.54, 1.807) is 0 Å². The van der Waals surface area contributed by atoms with Gasteiger partial charge >= 0.3 is 0 Å². The molecule has 0 unspecified atom stereocenters. The van der Waals surface area contributed by atoms with Crippen molar-refractivity contribution in [2.24, 2.45) is 22.7 Å². The summed E-state index contributed by atoms with van der Waals surface area (Å²) in [7, 11) is 0. The quantitative estimate of drug-likeness (QED) is 0.734. The summed E-state index contributed by atoms with van der Waals surface area (Å²) in [5, 5.41) is 3.16. The average molecular weight is 384 g/mol. The van der Waals surface area contributed by atoms with E-state index >= 15 is 0 Å². The molecule has 4 nitrogen and oxygen atoms in total. The van der Waals surface area contributed by atoms with Gasteiger partial charge < -0.3 is 5.32 Å². The molecule has 4 atom stereocenters. The van der Waals surface area contributed by atoms with Gasteiger partial charge in [0.15, 0.2) is 5.78 Å². The largest absolute Gasteiger partial charge is 0.348 e. The van der Waals surface area contributed by atoms with E-state index in [9.17, 15) is 14.4 Å². The summed E-state index contributed by atoms with van der Waals surface area (Å²) >= 11 is 0. The summed E-state index contributed by atoms with van der Waals surface area (Å²) in [6, 6.07) is 0. The highest BCUT2D eigenvalue weighted by Crippen LogP contribution is 2.63. The van der Waals surface area contributed by atoms with Gasteiger partial charge in [-0.1, -0.05) is 19.4 Å². The number of carbonyl (C=O) groups excluding carboxylic acids is 3. The number of ketones is 2. The summed E-state index contributed by atoms with van der Waals surface area (Å²) < 4.78 is 0. The molecule has 4 rings (SSSR count). The molecule has 0 aromatic carbocycles. The molecule has 4 aliphatic rings. The van der Waals surface area contributed by atoms with Crippen LogP contribution < -0.4 is 5.32 Å². The highest BCUT2D eigenvalue weighted by atomic mass is 16.2. The van der Waals surface area contributed by atoms with Crippen LogP contribution in [0.3, 0.4) is 0 Å². The Hall–Kier alpha value is -1.71. The summed E-state index contributed by atoms with van der Waals surface area (Å²) in [5.74, 6) is 1.12. The zero-order valence-corrected chi connectivity index (χ0v) is 17.9. The van der Waals surface area contributed by atoms with E-state index in [2.05, 4.69) is 19.2 Å². The molecule has 4 aliphatic carbocycles. The van der Waals surface area contributed by atoms with E-state index in [1.807, 2.05) is 26.8 Å². The third kappa shape index (κ3) is 2.83. The first-order valence-electron chi connectivity index (χ1n) is 10.8. The zero-order chi connectivity index (χ0) is 20.5. The Bertz CT molecular complexity index is 827. The summed E-state index contributed by atoms with van der Waals surface area (Å²) in [4.78, 5) is 38.4. The second-order valence-corrected chi connectivity index (χ2v) is 10.9. The van der Waals surface area contributed by atoms with E-state index in [1.165, 1.54) is 11.1 Å². The predicted molar refractivity (Wildman–Crippen MR) is 109 cm³/mol. The lowest BCUT2D eigenvalue weighted by molar-refractivity contribution is -0.128. The zero-order valence-electron chi connectivity index (χ0n) is 17.9. The van der Waals surface area contributed by atoms with E-state index < -0.39 is 5.41 Å². The molecular formula is C24H33NO3. The van der Waals surface area contributed by atoms with E-state index in [4.69, 9.17) is 0 Å². The van der Waals surface area contributed by atoms with Crippen molar-refractivity contribution in [1.29, 1.82) is 0 Å². The van der Waals surface area contributed by atoms with Crippen LogP contribution in [0.25, 0.3) is 0 Å². The third-order valence-corrected chi connectivity index (χ3v) is 7.86. The van der Waals surface area contributed by atoms with Crippen LogP contribution in [0.4, 0.5) is 0 Å². The van der Waals surface area contributed by atoms with Gasteiger partial charge in [0.1, 0.15) is 5.78 Å². The second kappa shape index (κ2) is 6.14. The first-order chi connectivity index (χ1) is 13.0. The minimum absolute atomic E-state index is 0.0220. The van der Waals surface area contributed by atoms with Crippen LogP contribution in [0, 0.1) is 22.7 Å². The second-order valence-electron chi connectivity index (χ2n) is 10.9. The van der Waals surface area contributed by atoms with Gasteiger partial charge in [-0.05, 0) is 76.4 Å². The molecule has 2 saturated carbocycles. The Labute approximate surface area is 168 Å². The van der Waals surface area contributed by atoms with Gasteiger partial charge in [-0.15, -0.1) is 0 Å². The standard InChI is InChI=1S/C24H33NO3/c1-22(2,3)25-21(28)17-13-24(5)18(8-9-19(24)27)16-7-6-14-12-15(26)10-11-23(14,4)20(16)17/h12,16,18H,6-11,13H2,1-5H3,(H,25,28)/t16-,18-,23-,24-/m0/s1. The molecule has 4 heteroatoms. The van der Waals surface area contributed by atoms with Gasteiger partial charge in [0.2, 0.25) is 5.91 Å². The van der Waals surface area contributed by atoms with E-state index in [0.29, 0.717) is 31.0 Å². The van der Waals surface area contributed by atoms with Gasteiger partial charge in [0, 0.05) is 34.8 Å². The Kier molecular flexibility index (Phi) is 4.30. The Balaban J connectivity index is 1.89. The van der Waals surface area contributed by atoms with Crippen molar-refractivity contribution in [3.63, 3.8) is 0 Å². The summed E-state index contributed by atoms with van der Waals surface area (Å²) in [6.07, 6.45) is 7.15. The van der Waals surface area contributed by atoms with Crippen LogP contribution in [0.5, 0.6) is 0 Å². The molecule has 1 amide bonds. The van der Waals surface area contributed by atoms with Crippen molar-refractivity contribution in [2.45, 2.75) is 85.1 Å². The highest BCUT2D eigenvalue weighted by Gasteiger charge is 2.58. The van der Waals surface area contributed by atoms with Crippen molar-refractivity contribution >= 4 is 17.5 Å². The van der Waals surface area contributed by atoms with Crippen LogP contribution in [-0.4, -0.2) is 23.0 Å². The molecule has 2 fully saturated rings.